The maximum atomic E-state index is 5.90. The zero-order valence-electron chi connectivity index (χ0n) is 14.6. The van der Waals surface area contributed by atoms with Gasteiger partial charge in [0.15, 0.2) is 0 Å². The molecule has 0 spiro atoms. The number of rotatable bonds is 6. The molecule has 0 amide bonds. The topological polar surface area (TPSA) is 75.9 Å². The van der Waals surface area contributed by atoms with Gasteiger partial charge in [0.25, 0.3) is 0 Å². The SMILES string of the molecule is Cc1cccc(-c2cc(NCCNc3ccccc3)nc(N)n2)c1C. The van der Waals surface area contributed by atoms with Gasteiger partial charge in [-0.05, 0) is 37.1 Å². The molecule has 0 fully saturated rings. The molecule has 25 heavy (non-hydrogen) atoms. The quantitative estimate of drug-likeness (QED) is 0.597. The molecule has 0 atom stereocenters. The third kappa shape index (κ3) is 4.26. The van der Waals surface area contributed by atoms with Crippen molar-refractivity contribution in [1.29, 1.82) is 0 Å². The minimum absolute atomic E-state index is 0.275. The Morgan fingerprint density at radius 2 is 1.64 bits per heavy atom. The van der Waals surface area contributed by atoms with Crippen molar-refractivity contribution in [1.82, 2.24) is 9.97 Å². The summed E-state index contributed by atoms with van der Waals surface area (Å²) in [6, 6.07) is 18.2. The Morgan fingerprint density at radius 3 is 2.44 bits per heavy atom. The Bertz CT molecular complexity index is 846. The predicted molar refractivity (Wildman–Crippen MR) is 105 cm³/mol. The number of hydrogen-bond acceptors (Lipinski definition) is 5. The van der Waals surface area contributed by atoms with E-state index in [4.69, 9.17) is 5.73 Å². The van der Waals surface area contributed by atoms with Crippen molar-refractivity contribution >= 4 is 17.5 Å². The van der Waals surface area contributed by atoms with Gasteiger partial charge in [-0.3, -0.25) is 0 Å². The smallest absolute Gasteiger partial charge is 0.222 e. The number of hydrogen-bond donors (Lipinski definition) is 3. The van der Waals surface area contributed by atoms with Gasteiger partial charge < -0.3 is 16.4 Å². The first-order valence-electron chi connectivity index (χ1n) is 8.37. The summed E-state index contributed by atoms with van der Waals surface area (Å²) in [5, 5.41) is 6.66. The van der Waals surface area contributed by atoms with E-state index < -0.39 is 0 Å². The second kappa shape index (κ2) is 7.66. The maximum Gasteiger partial charge on any atom is 0.222 e. The van der Waals surface area contributed by atoms with Crippen molar-refractivity contribution in [2.75, 3.05) is 29.5 Å². The van der Waals surface area contributed by atoms with Gasteiger partial charge in [-0.25, -0.2) is 4.98 Å². The van der Waals surface area contributed by atoms with Gasteiger partial charge in [-0.1, -0.05) is 36.4 Å². The number of para-hydroxylation sites is 1. The van der Waals surface area contributed by atoms with Crippen LogP contribution in [-0.4, -0.2) is 23.1 Å². The Labute approximate surface area is 148 Å². The zero-order valence-corrected chi connectivity index (χ0v) is 14.6. The van der Waals surface area contributed by atoms with Crippen molar-refractivity contribution in [3.8, 4) is 11.3 Å². The number of nitrogen functional groups attached to an aromatic ring is 1. The summed E-state index contributed by atoms with van der Waals surface area (Å²) in [5.74, 6) is 1.01. The molecule has 128 valence electrons. The number of aromatic nitrogens is 2. The van der Waals surface area contributed by atoms with E-state index in [9.17, 15) is 0 Å². The summed E-state index contributed by atoms with van der Waals surface area (Å²) in [7, 11) is 0. The van der Waals surface area contributed by atoms with Crippen LogP contribution < -0.4 is 16.4 Å². The lowest BCUT2D eigenvalue weighted by atomic mass is 10.0. The highest BCUT2D eigenvalue weighted by Gasteiger charge is 2.08. The molecule has 5 heteroatoms. The van der Waals surface area contributed by atoms with E-state index in [1.54, 1.807) is 0 Å². The molecule has 0 aliphatic heterocycles. The van der Waals surface area contributed by atoms with E-state index in [-0.39, 0.29) is 5.95 Å². The van der Waals surface area contributed by atoms with Crippen molar-refractivity contribution in [3.63, 3.8) is 0 Å². The molecule has 5 nitrogen and oxygen atoms in total. The molecule has 0 radical (unpaired) electrons. The van der Waals surface area contributed by atoms with Crippen LogP contribution in [-0.2, 0) is 0 Å². The van der Waals surface area contributed by atoms with Crippen molar-refractivity contribution in [2.24, 2.45) is 0 Å². The third-order valence-corrected chi connectivity index (χ3v) is 4.16. The van der Waals surface area contributed by atoms with Crippen LogP contribution in [0.5, 0.6) is 0 Å². The van der Waals surface area contributed by atoms with Crippen LogP contribution in [0, 0.1) is 13.8 Å². The fraction of sp³-hybridized carbons (Fsp3) is 0.200. The van der Waals surface area contributed by atoms with Gasteiger partial charge >= 0.3 is 0 Å². The minimum Gasteiger partial charge on any atom is -0.383 e. The van der Waals surface area contributed by atoms with Crippen molar-refractivity contribution in [2.45, 2.75) is 13.8 Å². The summed E-state index contributed by atoms with van der Waals surface area (Å²) in [5.41, 5.74) is 11.4. The van der Waals surface area contributed by atoms with Gasteiger partial charge in [0, 0.05) is 30.4 Å². The Kier molecular flexibility index (Phi) is 5.14. The molecule has 0 aliphatic carbocycles. The Morgan fingerprint density at radius 1 is 0.880 bits per heavy atom. The van der Waals surface area contributed by atoms with E-state index >= 15 is 0 Å². The van der Waals surface area contributed by atoms with Gasteiger partial charge in [0.2, 0.25) is 5.95 Å². The summed E-state index contributed by atoms with van der Waals surface area (Å²) < 4.78 is 0. The highest BCUT2D eigenvalue weighted by atomic mass is 15.1. The normalized spacial score (nSPS) is 10.5. The molecule has 0 bridgehead atoms. The first-order valence-corrected chi connectivity index (χ1v) is 8.37. The number of nitrogens with one attached hydrogen (secondary N) is 2. The highest BCUT2D eigenvalue weighted by molar-refractivity contribution is 5.68. The van der Waals surface area contributed by atoms with Crippen molar-refractivity contribution < 1.29 is 0 Å². The molecule has 2 aromatic carbocycles. The summed E-state index contributed by atoms with van der Waals surface area (Å²) >= 11 is 0. The van der Waals surface area contributed by atoms with Gasteiger partial charge in [-0.15, -0.1) is 0 Å². The van der Waals surface area contributed by atoms with E-state index in [0.29, 0.717) is 0 Å². The van der Waals surface area contributed by atoms with Gasteiger partial charge in [0.1, 0.15) is 5.82 Å². The number of nitrogens with two attached hydrogens (primary N) is 1. The van der Waals surface area contributed by atoms with E-state index in [0.717, 1.165) is 35.9 Å². The predicted octanol–water partition coefficient (Wildman–Crippen LogP) is 3.87. The molecule has 1 heterocycles. The molecular formula is C20H23N5. The molecule has 3 aromatic rings. The molecule has 0 saturated heterocycles. The Balaban J connectivity index is 1.68. The summed E-state index contributed by atoms with van der Waals surface area (Å²) in [6.45, 7) is 5.71. The number of anilines is 3. The number of benzene rings is 2. The molecule has 0 unspecified atom stereocenters. The lowest BCUT2D eigenvalue weighted by Crippen LogP contribution is -2.15. The average molecular weight is 333 g/mol. The average Bonchev–Trinajstić information content (AvgIpc) is 2.61. The summed E-state index contributed by atoms with van der Waals surface area (Å²) in [6.07, 6.45) is 0. The van der Waals surface area contributed by atoms with E-state index in [1.807, 2.05) is 42.5 Å². The minimum atomic E-state index is 0.275. The second-order valence-electron chi connectivity index (χ2n) is 5.96. The molecule has 0 saturated carbocycles. The monoisotopic (exact) mass is 333 g/mol. The van der Waals surface area contributed by atoms with Crippen LogP contribution in [0.1, 0.15) is 11.1 Å². The molecule has 3 rings (SSSR count). The summed E-state index contributed by atoms with van der Waals surface area (Å²) in [4.78, 5) is 8.68. The maximum absolute atomic E-state index is 5.90. The highest BCUT2D eigenvalue weighted by Crippen LogP contribution is 2.25. The zero-order chi connectivity index (χ0) is 17.6. The van der Waals surface area contributed by atoms with Crippen LogP contribution >= 0.6 is 0 Å². The standard InChI is InChI=1S/C20H23N5/c1-14-7-6-10-17(15(14)2)18-13-19(25-20(21)24-18)23-12-11-22-16-8-4-3-5-9-16/h3-10,13,22H,11-12H2,1-2H3,(H3,21,23,24,25). The first-order chi connectivity index (χ1) is 12.1. The fourth-order valence-corrected chi connectivity index (χ4v) is 2.68. The van der Waals surface area contributed by atoms with E-state index in [2.05, 4.69) is 46.6 Å². The van der Waals surface area contributed by atoms with Crippen LogP contribution in [0.15, 0.2) is 54.6 Å². The van der Waals surface area contributed by atoms with E-state index in [1.165, 1.54) is 11.1 Å². The largest absolute Gasteiger partial charge is 0.383 e. The number of nitrogens with zero attached hydrogens (tertiary/aromatic N) is 2. The van der Waals surface area contributed by atoms with Crippen LogP contribution in [0.4, 0.5) is 17.5 Å². The van der Waals surface area contributed by atoms with Crippen LogP contribution in [0.2, 0.25) is 0 Å². The van der Waals surface area contributed by atoms with Gasteiger partial charge in [-0.2, -0.15) is 4.98 Å². The first kappa shape index (κ1) is 16.8. The number of aryl methyl sites for hydroxylation is 1. The lowest BCUT2D eigenvalue weighted by molar-refractivity contribution is 1.05. The van der Waals surface area contributed by atoms with Crippen molar-refractivity contribution in [3.05, 3.63) is 65.7 Å². The van der Waals surface area contributed by atoms with Gasteiger partial charge in [0.05, 0.1) is 5.69 Å². The third-order valence-electron chi connectivity index (χ3n) is 4.16. The Hall–Kier alpha value is -3.08. The molecular weight excluding hydrogens is 310 g/mol. The van der Waals surface area contributed by atoms with Crippen LogP contribution in [0.25, 0.3) is 11.3 Å². The second-order valence-corrected chi connectivity index (χ2v) is 5.96. The molecule has 0 aliphatic rings. The molecule has 1 aromatic heterocycles. The molecule has 4 N–H and O–H groups in total. The lowest BCUT2D eigenvalue weighted by Gasteiger charge is -2.12. The fourth-order valence-electron chi connectivity index (χ4n) is 2.68. The van der Waals surface area contributed by atoms with Crippen LogP contribution in [0.3, 0.4) is 0 Å².